The normalized spacial score (nSPS) is 14.6. The van der Waals surface area contributed by atoms with Gasteiger partial charge in [0.2, 0.25) is 5.91 Å². The molecule has 0 N–H and O–H groups in total. The first-order valence-corrected chi connectivity index (χ1v) is 8.53. The second-order valence-corrected chi connectivity index (χ2v) is 6.28. The van der Waals surface area contributed by atoms with Crippen molar-refractivity contribution in [2.75, 3.05) is 6.54 Å². The van der Waals surface area contributed by atoms with Crippen molar-refractivity contribution in [3.8, 4) is 6.07 Å². The third kappa shape index (κ3) is 3.09. The molecule has 0 aromatic heterocycles. The van der Waals surface area contributed by atoms with Crippen molar-refractivity contribution in [1.82, 2.24) is 4.90 Å². The number of hydrogen-bond donors (Lipinski definition) is 0. The van der Waals surface area contributed by atoms with E-state index in [1.54, 1.807) is 37.3 Å². The largest absolute Gasteiger partial charge is 0.312 e. The highest BCUT2D eigenvalue weighted by molar-refractivity contribution is 6.32. The minimum absolute atomic E-state index is 0.117. The van der Waals surface area contributed by atoms with Crippen LogP contribution in [0.4, 0.5) is 8.78 Å². The fourth-order valence-corrected chi connectivity index (χ4v) is 3.48. The molecule has 0 unspecified atom stereocenters. The minimum atomic E-state index is -0.880. The van der Waals surface area contributed by atoms with Gasteiger partial charge in [-0.3, -0.25) is 4.79 Å². The molecule has 3 nitrogen and oxygen atoms in total. The van der Waals surface area contributed by atoms with Gasteiger partial charge in [-0.05, 0) is 42.7 Å². The highest BCUT2D eigenvalue weighted by Crippen LogP contribution is 2.41. The molecule has 26 heavy (non-hydrogen) atoms. The maximum absolute atomic E-state index is 14.7. The Balaban J connectivity index is 2.35. The molecule has 0 aliphatic carbocycles. The second-order valence-electron chi connectivity index (χ2n) is 5.87. The van der Waals surface area contributed by atoms with E-state index in [0.29, 0.717) is 22.6 Å². The zero-order valence-electron chi connectivity index (χ0n) is 14.0. The van der Waals surface area contributed by atoms with E-state index < -0.39 is 11.6 Å². The molecule has 3 rings (SSSR count). The summed E-state index contributed by atoms with van der Waals surface area (Å²) in [6.45, 7) is 2.01. The molecule has 0 saturated carbocycles. The zero-order chi connectivity index (χ0) is 18.8. The van der Waals surface area contributed by atoms with Gasteiger partial charge in [-0.15, -0.1) is 0 Å². The maximum Gasteiger partial charge on any atom is 0.227 e. The van der Waals surface area contributed by atoms with Gasteiger partial charge in [0.15, 0.2) is 0 Å². The number of carbonyl (C=O) groups is 1. The maximum atomic E-state index is 14.7. The van der Waals surface area contributed by atoms with Crippen LogP contribution in [0.3, 0.4) is 0 Å². The van der Waals surface area contributed by atoms with Gasteiger partial charge >= 0.3 is 0 Å². The Morgan fingerprint density at radius 3 is 2.42 bits per heavy atom. The van der Waals surface area contributed by atoms with Gasteiger partial charge < -0.3 is 4.90 Å². The first-order chi connectivity index (χ1) is 12.5. The minimum Gasteiger partial charge on any atom is -0.312 e. The summed E-state index contributed by atoms with van der Waals surface area (Å²) in [5, 5.41) is 9.36. The third-order valence-corrected chi connectivity index (χ3v) is 4.70. The van der Waals surface area contributed by atoms with E-state index in [4.69, 9.17) is 16.9 Å². The van der Waals surface area contributed by atoms with Gasteiger partial charge in [0.05, 0.1) is 22.9 Å². The van der Waals surface area contributed by atoms with E-state index >= 15 is 0 Å². The van der Waals surface area contributed by atoms with Crippen molar-refractivity contribution < 1.29 is 13.6 Å². The van der Waals surface area contributed by atoms with Crippen LogP contribution in [-0.4, -0.2) is 17.4 Å². The summed E-state index contributed by atoms with van der Waals surface area (Å²) < 4.78 is 29.4. The molecule has 1 heterocycles. The molecule has 1 aliphatic rings. The third-order valence-electron chi connectivity index (χ3n) is 4.37. The average Bonchev–Trinajstić information content (AvgIpc) is 2.62. The quantitative estimate of drug-likeness (QED) is 0.761. The van der Waals surface area contributed by atoms with Crippen LogP contribution in [-0.2, 0) is 4.79 Å². The van der Waals surface area contributed by atoms with Crippen LogP contribution >= 0.6 is 11.6 Å². The number of nitrogens with zero attached hydrogens (tertiary/aromatic N) is 2. The summed E-state index contributed by atoms with van der Waals surface area (Å²) in [5.74, 6) is -1.97. The van der Waals surface area contributed by atoms with E-state index in [2.05, 4.69) is 0 Å². The zero-order valence-corrected chi connectivity index (χ0v) is 14.8. The number of allylic oxidation sites excluding steroid dienone is 1. The lowest BCUT2D eigenvalue weighted by atomic mass is 9.90. The Kier molecular flexibility index (Phi) is 5.06. The lowest BCUT2D eigenvalue weighted by molar-refractivity contribution is -0.128. The predicted octanol–water partition coefficient (Wildman–Crippen LogP) is 5.00. The Morgan fingerprint density at radius 2 is 1.85 bits per heavy atom. The number of amides is 1. The monoisotopic (exact) mass is 372 g/mol. The number of rotatable bonds is 3. The van der Waals surface area contributed by atoms with Crippen LogP contribution in [0.25, 0.3) is 11.3 Å². The van der Waals surface area contributed by atoms with Gasteiger partial charge in [-0.25, -0.2) is 8.78 Å². The van der Waals surface area contributed by atoms with Crippen LogP contribution in [0.15, 0.2) is 36.4 Å². The summed E-state index contributed by atoms with van der Waals surface area (Å²) in [7, 11) is 0. The van der Waals surface area contributed by atoms with Crippen molar-refractivity contribution in [2.45, 2.75) is 19.8 Å². The van der Waals surface area contributed by atoms with Gasteiger partial charge in [0.1, 0.15) is 11.6 Å². The van der Waals surface area contributed by atoms with Crippen molar-refractivity contribution in [1.29, 1.82) is 5.26 Å². The molecular formula is C20H15ClF2N2O. The molecule has 0 saturated heterocycles. The number of hydrogen-bond acceptors (Lipinski definition) is 2. The average molecular weight is 373 g/mol. The molecule has 132 valence electrons. The lowest BCUT2D eigenvalue weighted by Gasteiger charge is -2.32. The van der Waals surface area contributed by atoms with Crippen molar-refractivity contribution >= 4 is 28.8 Å². The first kappa shape index (κ1) is 18.1. The molecular weight excluding hydrogens is 358 g/mol. The van der Waals surface area contributed by atoms with E-state index in [-0.39, 0.29) is 35.7 Å². The highest BCUT2D eigenvalue weighted by atomic mass is 35.5. The topological polar surface area (TPSA) is 44.1 Å². The molecule has 6 heteroatoms. The summed E-state index contributed by atoms with van der Waals surface area (Å²) in [4.78, 5) is 13.7. The summed E-state index contributed by atoms with van der Waals surface area (Å²) in [5.41, 5.74) is 0.997. The number of benzene rings is 2. The molecule has 2 aromatic rings. The van der Waals surface area contributed by atoms with Gasteiger partial charge in [0, 0.05) is 18.0 Å². The smallest absolute Gasteiger partial charge is 0.227 e. The molecule has 1 aliphatic heterocycles. The van der Waals surface area contributed by atoms with Crippen molar-refractivity contribution in [3.63, 3.8) is 0 Å². The number of carbonyl (C=O) groups excluding carboxylic acids is 1. The molecule has 0 radical (unpaired) electrons. The van der Waals surface area contributed by atoms with Crippen LogP contribution in [0, 0.1) is 23.0 Å². The molecule has 2 aromatic carbocycles. The van der Waals surface area contributed by atoms with Gasteiger partial charge in [-0.2, -0.15) is 5.26 Å². The fraction of sp³-hybridized carbons (Fsp3) is 0.200. The Hall–Kier alpha value is -2.71. The number of nitriles is 1. The van der Waals surface area contributed by atoms with Crippen LogP contribution < -0.4 is 0 Å². The van der Waals surface area contributed by atoms with Crippen molar-refractivity contribution in [3.05, 3.63) is 69.7 Å². The second kappa shape index (κ2) is 7.27. The standard InChI is InChI=1S/C20H15ClF2N2O/c1-2-25-18(26)8-7-14(13-5-3-4-6-15(13)21)20(25)19-16(22)9-12(11-24)10-17(19)23/h3-6,9-10H,2,7-8H2,1H3. The summed E-state index contributed by atoms with van der Waals surface area (Å²) >= 11 is 6.30. The Bertz CT molecular complexity index is 940. The van der Waals surface area contributed by atoms with Gasteiger partial charge in [-0.1, -0.05) is 29.8 Å². The molecule has 0 atom stereocenters. The lowest BCUT2D eigenvalue weighted by Crippen LogP contribution is -2.33. The molecule has 0 fully saturated rings. The van der Waals surface area contributed by atoms with E-state index in [0.717, 1.165) is 12.1 Å². The SMILES string of the molecule is CCN1C(=O)CCC(c2ccccc2Cl)=C1c1c(F)cc(C#N)cc1F. The van der Waals surface area contributed by atoms with E-state index in [9.17, 15) is 13.6 Å². The van der Waals surface area contributed by atoms with Crippen molar-refractivity contribution in [2.24, 2.45) is 0 Å². The van der Waals surface area contributed by atoms with Crippen LogP contribution in [0.5, 0.6) is 0 Å². The van der Waals surface area contributed by atoms with Crippen LogP contribution in [0.2, 0.25) is 5.02 Å². The Morgan fingerprint density at radius 1 is 1.19 bits per heavy atom. The fourth-order valence-electron chi connectivity index (χ4n) is 3.23. The summed E-state index contributed by atoms with van der Waals surface area (Å²) in [6, 6.07) is 10.7. The Labute approximate surface area is 155 Å². The van der Waals surface area contributed by atoms with E-state index in [1.165, 1.54) is 4.90 Å². The molecule has 0 bridgehead atoms. The first-order valence-electron chi connectivity index (χ1n) is 8.15. The summed E-state index contributed by atoms with van der Waals surface area (Å²) in [6.07, 6.45) is 0.560. The van der Waals surface area contributed by atoms with Gasteiger partial charge in [0.25, 0.3) is 0 Å². The number of halogens is 3. The molecule has 0 spiro atoms. The predicted molar refractivity (Wildman–Crippen MR) is 96.0 cm³/mol. The highest BCUT2D eigenvalue weighted by Gasteiger charge is 2.31. The molecule has 1 amide bonds. The van der Waals surface area contributed by atoms with E-state index in [1.807, 2.05) is 0 Å². The van der Waals surface area contributed by atoms with Crippen LogP contribution in [0.1, 0.15) is 36.5 Å².